The number of rotatable bonds is 7. The third-order valence-corrected chi connectivity index (χ3v) is 5.89. The number of hydrogen-bond donors (Lipinski definition) is 2. The minimum absolute atomic E-state index is 0. The smallest absolute Gasteiger partial charge is 0.225 e. The van der Waals surface area contributed by atoms with Crippen LogP contribution in [0.1, 0.15) is 41.0 Å². The predicted octanol–water partition coefficient (Wildman–Crippen LogP) is 1.69. The summed E-state index contributed by atoms with van der Waals surface area (Å²) in [5, 5.41) is 6.95. The van der Waals surface area contributed by atoms with E-state index in [0.29, 0.717) is 12.0 Å². The van der Waals surface area contributed by atoms with Crippen LogP contribution in [0.5, 0.6) is 0 Å². The van der Waals surface area contributed by atoms with E-state index < -0.39 is 0 Å². The van der Waals surface area contributed by atoms with Gasteiger partial charge in [0.1, 0.15) is 0 Å². The summed E-state index contributed by atoms with van der Waals surface area (Å²) in [6.07, 6.45) is 0.981. The van der Waals surface area contributed by atoms with Crippen molar-refractivity contribution in [3.63, 3.8) is 0 Å². The average molecular weight is 523 g/mol. The average Bonchev–Trinajstić information content (AvgIpc) is 3.10. The molecule has 0 aromatic carbocycles. The highest BCUT2D eigenvalue weighted by Gasteiger charge is 2.28. The van der Waals surface area contributed by atoms with E-state index in [0.717, 1.165) is 64.7 Å². The summed E-state index contributed by atoms with van der Waals surface area (Å²) in [4.78, 5) is 24.1. The van der Waals surface area contributed by atoms with Gasteiger partial charge in [-0.05, 0) is 26.3 Å². The van der Waals surface area contributed by atoms with Crippen LogP contribution < -0.4 is 10.6 Å². The van der Waals surface area contributed by atoms with E-state index in [1.54, 1.807) is 0 Å². The summed E-state index contributed by atoms with van der Waals surface area (Å²) in [6, 6.07) is 0.744. The number of halogens is 1. The first-order valence-electron chi connectivity index (χ1n) is 11.1. The monoisotopic (exact) mass is 522 g/mol. The van der Waals surface area contributed by atoms with E-state index in [1.165, 1.54) is 0 Å². The van der Waals surface area contributed by atoms with Gasteiger partial charge in [0.15, 0.2) is 5.96 Å². The maximum atomic E-state index is 12.2. The van der Waals surface area contributed by atoms with Gasteiger partial charge in [0.2, 0.25) is 5.91 Å². The Morgan fingerprint density at radius 2 is 1.76 bits per heavy atom. The maximum absolute atomic E-state index is 12.2. The molecule has 2 saturated heterocycles. The number of piperazine rings is 1. The van der Waals surface area contributed by atoms with E-state index >= 15 is 0 Å². The molecule has 7 nitrogen and oxygen atoms in total. The van der Waals surface area contributed by atoms with Crippen molar-refractivity contribution in [2.45, 2.75) is 53.1 Å². The Bertz CT molecular complexity index is 519. The Hall–Kier alpha value is -0.610. The SMILES string of the molecule is CCNC(=NCC(C(C)C)N1CCN(C)CC1)NC1CCN(C(=O)C(C)C)C1.I. The van der Waals surface area contributed by atoms with Gasteiger partial charge < -0.3 is 20.4 Å². The fourth-order valence-corrected chi connectivity index (χ4v) is 4.04. The topological polar surface area (TPSA) is 63.2 Å². The Morgan fingerprint density at radius 3 is 2.31 bits per heavy atom. The Kier molecular flexibility index (Phi) is 11.8. The molecule has 0 radical (unpaired) electrons. The number of likely N-dealkylation sites (N-methyl/N-ethyl adjacent to an activating group) is 1. The van der Waals surface area contributed by atoms with Gasteiger partial charge in [0.05, 0.1) is 6.54 Å². The van der Waals surface area contributed by atoms with Crippen LogP contribution in [0.3, 0.4) is 0 Å². The summed E-state index contributed by atoms with van der Waals surface area (Å²) < 4.78 is 0. The van der Waals surface area contributed by atoms with Gasteiger partial charge in [0.25, 0.3) is 0 Å². The molecular formula is C21H43IN6O. The van der Waals surface area contributed by atoms with Gasteiger partial charge in [0, 0.05) is 63.8 Å². The fourth-order valence-electron chi connectivity index (χ4n) is 4.04. The third-order valence-electron chi connectivity index (χ3n) is 5.89. The molecule has 2 fully saturated rings. The number of aliphatic imine (C=N–C) groups is 1. The molecule has 8 heteroatoms. The normalized spacial score (nSPS) is 22.7. The van der Waals surface area contributed by atoms with Crippen LogP contribution in [0.25, 0.3) is 0 Å². The number of nitrogens with zero attached hydrogens (tertiary/aromatic N) is 4. The molecule has 0 aromatic heterocycles. The molecule has 2 aliphatic heterocycles. The third kappa shape index (κ3) is 8.20. The summed E-state index contributed by atoms with van der Waals surface area (Å²) in [6.45, 7) is 18.4. The van der Waals surface area contributed by atoms with Crippen molar-refractivity contribution in [2.24, 2.45) is 16.8 Å². The summed E-state index contributed by atoms with van der Waals surface area (Å²) in [5.41, 5.74) is 0. The van der Waals surface area contributed by atoms with Crippen molar-refractivity contribution in [3.8, 4) is 0 Å². The van der Waals surface area contributed by atoms with Gasteiger partial charge in [-0.3, -0.25) is 14.7 Å². The molecule has 170 valence electrons. The lowest BCUT2D eigenvalue weighted by Gasteiger charge is -2.39. The molecule has 2 heterocycles. The Labute approximate surface area is 195 Å². The predicted molar refractivity (Wildman–Crippen MR) is 132 cm³/mol. The number of carbonyl (C=O) groups excluding carboxylic acids is 1. The molecule has 29 heavy (non-hydrogen) atoms. The molecule has 0 bridgehead atoms. The van der Waals surface area contributed by atoms with Crippen molar-refractivity contribution in [2.75, 3.05) is 59.4 Å². The van der Waals surface area contributed by atoms with Crippen LogP contribution in [0.4, 0.5) is 0 Å². The molecule has 2 unspecified atom stereocenters. The minimum Gasteiger partial charge on any atom is -0.357 e. The van der Waals surface area contributed by atoms with E-state index in [4.69, 9.17) is 4.99 Å². The largest absolute Gasteiger partial charge is 0.357 e. The Balaban J connectivity index is 0.00000420. The van der Waals surface area contributed by atoms with Crippen molar-refractivity contribution in [1.29, 1.82) is 0 Å². The van der Waals surface area contributed by atoms with Crippen molar-refractivity contribution >= 4 is 35.8 Å². The summed E-state index contributed by atoms with van der Waals surface area (Å²) in [5.74, 6) is 1.77. The van der Waals surface area contributed by atoms with Crippen molar-refractivity contribution < 1.29 is 4.79 Å². The zero-order valence-electron chi connectivity index (χ0n) is 19.3. The van der Waals surface area contributed by atoms with Crippen molar-refractivity contribution in [3.05, 3.63) is 0 Å². The summed E-state index contributed by atoms with van der Waals surface area (Å²) in [7, 11) is 2.20. The number of likely N-dealkylation sites (tertiary alicyclic amines) is 1. The molecular weight excluding hydrogens is 479 g/mol. The Morgan fingerprint density at radius 1 is 1.10 bits per heavy atom. The van der Waals surface area contributed by atoms with Crippen LogP contribution in [-0.4, -0.2) is 98.1 Å². The molecule has 0 aromatic rings. The number of carbonyl (C=O) groups is 1. The lowest BCUT2D eigenvalue weighted by molar-refractivity contribution is -0.133. The number of guanidine groups is 1. The lowest BCUT2D eigenvalue weighted by atomic mass is 10.0. The first-order chi connectivity index (χ1) is 13.3. The van der Waals surface area contributed by atoms with Gasteiger partial charge >= 0.3 is 0 Å². The van der Waals surface area contributed by atoms with Crippen molar-refractivity contribution in [1.82, 2.24) is 25.3 Å². The van der Waals surface area contributed by atoms with Crippen LogP contribution >= 0.6 is 24.0 Å². The zero-order chi connectivity index (χ0) is 20.7. The van der Waals surface area contributed by atoms with Crippen LogP contribution in [-0.2, 0) is 4.79 Å². The second-order valence-electron chi connectivity index (χ2n) is 8.94. The first-order valence-corrected chi connectivity index (χ1v) is 11.1. The van der Waals surface area contributed by atoms with Crippen LogP contribution in [0.2, 0.25) is 0 Å². The zero-order valence-corrected chi connectivity index (χ0v) is 21.6. The highest BCUT2D eigenvalue weighted by Crippen LogP contribution is 2.15. The standard InChI is InChI=1S/C21H42N6O.HI/c1-7-22-21(24-18-8-9-27(15-18)20(28)17(4)5)23-14-19(16(2)3)26-12-10-25(6)11-13-26;/h16-19H,7-15H2,1-6H3,(H2,22,23,24);1H. The first kappa shape index (κ1) is 26.4. The molecule has 2 rings (SSSR count). The molecule has 2 N–H and O–H groups in total. The lowest BCUT2D eigenvalue weighted by Crippen LogP contribution is -2.52. The second-order valence-corrected chi connectivity index (χ2v) is 8.94. The molecule has 2 atom stereocenters. The molecule has 1 amide bonds. The number of nitrogens with one attached hydrogen (secondary N) is 2. The fraction of sp³-hybridized carbons (Fsp3) is 0.905. The number of hydrogen-bond acceptors (Lipinski definition) is 4. The molecule has 0 aliphatic carbocycles. The van der Waals surface area contributed by atoms with E-state index in [9.17, 15) is 4.79 Å². The van der Waals surface area contributed by atoms with Gasteiger partial charge in [-0.25, -0.2) is 0 Å². The van der Waals surface area contributed by atoms with Gasteiger partial charge in [-0.2, -0.15) is 0 Å². The highest BCUT2D eigenvalue weighted by atomic mass is 127. The van der Waals surface area contributed by atoms with Gasteiger partial charge in [-0.15, -0.1) is 24.0 Å². The van der Waals surface area contributed by atoms with Crippen LogP contribution in [0.15, 0.2) is 4.99 Å². The maximum Gasteiger partial charge on any atom is 0.225 e. The molecule has 2 aliphatic rings. The highest BCUT2D eigenvalue weighted by molar-refractivity contribution is 14.0. The molecule has 0 saturated carbocycles. The quantitative estimate of drug-likeness (QED) is 0.303. The minimum atomic E-state index is 0. The van der Waals surface area contributed by atoms with E-state index in [-0.39, 0.29) is 41.8 Å². The summed E-state index contributed by atoms with van der Waals surface area (Å²) >= 11 is 0. The number of amides is 1. The molecule has 0 spiro atoms. The van der Waals surface area contributed by atoms with E-state index in [1.807, 2.05) is 18.7 Å². The second kappa shape index (κ2) is 12.9. The van der Waals surface area contributed by atoms with Crippen LogP contribution in [0, 0.1) is 11.8 Å². The van der Waals surface area contributed by atoms with Gasteiger partial charge in [-0.1, -0.05) is 27.7 Å². The van der Waals surface area contributed by atoms with E-state index in [2.05, 4.69) is 48.3 Å².